The number of methoxy groups -OCH3 is 1. The summed E-state index contributed by atoms with van der Waals surface area (Å²) in [7, 11) is 1.76. The van der Waals surface area contributed by atoms with Crippen LogP contribution in [-0.4, -0.2) is 37.3 Å². The van der Waals surface area contributed by atoms with Crippen LogP contribution in [-0.2, 0) is 11.3 Å². The van der Waals surface area contributed by atoms with Gasteiger partial charge in [-0.25, -0.2) is 0 Å². The fraction of sp³-hybridized carbons (Fsp3) is 0.688. The minimum absolute atomic E-state index is 0.451. The van der Waals surface area contributed by atoms with Crippen LogP contribution in [0.3, 0.4) is 0 Å². The molecular weight excluding hydrogens is 250 g/mol. The first-order valence-corrected chi connectivity index (χ1v) is 7.56. The second-order valence-electron chi connectivity index (χ2n) is 5.89. The number of aromatic nitrogens is 1. The Hall–Kier alpha value is -1.13. The largest absolute Gasteiger partial charge is 0.383 e. The normalized spacial score (nSPS) is 14.8. The molecule has 0 saturated heterocycles. The number of rotatable bonds is 8. The molecule has 0 bridgehead atoms. The van der Waals surface area contributed by atoms with Crippen LogP contribution in [0.15, 0.2) is 12.3 Å². The van der Waals surface area contributed by atoms with Crippen molar-refractivity contribution in [2.45, 2.75) is 52.2 Å². The fourth-order valence-electron chi connectivity index (χ4n) is 2.37. The van der Waals surface area contributed by atoms with E-state index in [4.69, 9.17) is 4.74 Å². The molecule has 0 amide bonds. The van der Waals surface area contributed by atoms with E-state index in [1.807, 2.05) is 6.20 Å². The lowest BCUT2D eigenvalue weighted by Crippen LogP contribution is -2.35. The van der Waals surface area contributed by atoms with Gasteiger partial charge in [0.25, 0.3) is 0 Å². The van der Waals surface area contributed by atoms with Crippen LogP contribution < -0.4 is 10.2 Å². The summed E-state index contributed by atoms with van der Waals surface area (Å²) in [6.45, 7) is 9.07. The molecular formula is C16H27N3O. The van der Waals surface area contributed by atoms with E-state index in [1.165, 1.54) is 24.1 Å². The smallest absolute Gasteiger partial charge is 0.0637 e. The maximum Gasteiger partial charge on any atom is 0.0637 e. The predicted octanol–water partition coefficient (Wildman–Crippen LogP) is 2.50. The van der Waals surface area contributed by atoms with Crippen molar-refractivity contribution in [3.8, 4) is 0 Å². The number of hydrogen-bond acceptors (Lipinski definition) is 4. The van der Waals surface area contributed by atoms with Crippen LogP contribution in [0.2, 0.25) is 0 Å². The third-order valence-electron chi connectivity index (χ3n) is 3.73. The molecule has 0 radical (unpaired) electrons. The van der Waals surface area contributed by atoms with Gasteiger partial charge in [-0.3, -0.25) is 4.98 Å². The third kappa shape index (κ3) is 4.18. The van der Waals surface area contributed by atoms with E-state index in [-0.39, 0.29) is 0 Å². The van der Waals surface area contributed by atoms with Crippen molar-refractivity contribution in [2.24, 2.45) is 0 Å². The van der Waals surface area contributed by atoms with Crippen molar-refractivity contribution in [3.63, 3.8) is 0 Å². The van der Waals surface area contributed by atoms with Gasteiger partial charge in [0.15, 0.2) is 0 Å². The molecule has 1 aliphatic rings. The number of aryl methyl sites for hydroxylation is 1. The molecule has 1 heterocycles. The second-order valence-corrected chi connectivity index (χ2v) is 5.89. The lowest BCUT2D eigenvalue weighted by Gasteiger charge is -2.31. The van der Waals surface area contributed by atoms with Crippen LogP contribution in [0.25, 0.3) is 0 Å². The topological polar surface area (TPSA) is 37.4 Å². The molecule has 1 aliphatic carbocycles. The number of nitrogens with one attached hydrogen (secondary N) is 1. The minimum atomic E-state index is 0.451. The summed E-state index contributed by atoms with van der Waals surface area (Å²) in [6, 6.07) is 3.36. The average Bonchev–Trinajstić information content (AvgIpc) is 3.22. The Kier molecular flexibility index (Phi) is 5.38. The highest BCUT2D eigenvalue weighted by molar-refractivity contribution is 5.54. The Morgan fingerprint density at radius 2 is 2.20 bits per heavy atom. The van der Waals surface area contributed by atoms with E-state index in [0.29, 0.717) is 6.04 Å². The van der Waals surface area contributed by atoms with Gasteiger partial charge in [0, 0.05) is 55.4 Å². The molecule has 2 rings (SSSR count). The molecule has 0 unspecified atom stereocenters. The lowest BCUT2D eigenvalue weighted by molar-refractivity contribution is 0.203. The van der Waals surface area contributed by atoms with Crippen molar-refractivity contribution in [3.05, 3.63) is 23.5 Å². The summed E-state index contributed by atoms with van der Waals surface area (Å²) in [6.07, 6.45) is 4.64. The zero-order chi connectivity index (χ0) is 14.5. The molecule has 20 heavy (non-hydrogen) atoms. The second kappa shape index (κ2) is 7.04. The summed E-state index contributed by atoms with van der Waals surface area (Å²) < 4.78 is 5.25. The lowest BCUT2D eigenvalue weighted by atomic mass is 10.1. The molecule has 4 nitrogen and oxygen atoms in total. The molecule has 1 aromatic heterocycles. The van der Waals surface area contributed by atoms with Crippen molar-refractivity contribution in [2.75, 3.05) is 25.2 Å². The number of hydrogen-bond donors (Lipinski definition) is 1. The molecule has 112 valence electrons. The predicted molar refractivity (Wildman–Crippen MR) is 83.2 cm³/mol. The SMILES string of the molecule is COCCN(c1cc(C)ncc1CNC1CC1)C(C)C. The van der Waals surface area contributed by atoms with Crippen molar-refractivity contribution in [1.29, 1.82) is 0 Å². The van der Waals surface area contributed by atoms with Gasteiger partial charge in [-0.15, -0.1) is 0 Å². The molecule has 0 aliphatic heterocycles. The zero-order valence-corrected chi connectivity index (χ0v) is 13.1. The van der Waals surface area contributed by atoms with Crippen LogP contribution >= 0.6 is 0 Å². The summed E-state index contributed by atoms with van der Waals surface area (Å²) in [5.74, 6) is 0. The van der Waals surface area contributed by atoms with E-state index in [2.05, 4.69) is 42.0 Å². The molecule has 0 spiro atoms. The van der Waals surface area contributed by atoms with Crippen molar-refractivity contribution < 1.29 is 4.74 Å². The molecule has 4 heteroatoms. The average molecular weight is 277 g/mol. The van der Waals surface area contributed by atoms with E-state index >= 15 is 0 Å². The first kappa shape index (κ1) is 15.3. The standard InChI is InChI=1S/C16H27N3O/c1-12(2)19(7-8-20-4)16-9-13(3)17-10-14(16)11-18-15-5-6-15/h9-10,12,15,18H,5-8,11H2,1-4H3. The van der Waals surface area contributed by atoms with Crippen LogP contribution in [0, 0.1) is 6.92 Å². The maximum atomic E-state index is 5.25. The molecule has 1 fully saturated rings. The number of nitrogens with zero attached hydrogens (tertiary/aromatic N) is 2. The van der Waals surface area contributed by atoms with E-state index < -0.39 is 0 Å². The van der Waals surface area contributed by atoms with Gasteiger partial charge in [-0.05, 0) is 39.7 Å². The Bertz CT molecular complexity index is 430. The molecule has 1 N–H and O–H groups in total. The van der Waals surface area contributed by atoms with Gasteiger partial charge in [-0.2, -0.15) is 0 Å². The highest BCUT2D eigenvalue weighted by Gasteiger charge is 2.21. The van der Waals surface area contributed by atoms with Crippen molar-refractivity contribution in [1.82, 2.24) is 10.3 Å². The Morgan fingerprint density at radius 1 is 1.45 bits per heavy atom. The summed E-state index contributed by atoms with van der Waals surface area (Å²) in [5.41, 5.74) is 3.64. The minimum Gasteiger partial charge on any atom is -0.383 e. The highest BCUT2D eigenvalue weighted by Crippen LogP contribution is 2.25. The van der Waals surface area contributed by atoms with Crippen LogP contribution in [0.4, 0.5) is 5.69 Å². The Morgan fingerprint density at radius 3 is 2.80 bits per heavy atom. The Labute approximate surface area is 122 Å². The van der Waals surface area contributed by atoms with Gasteiger partial charge in [-0.1, -0.05) is 0 Å². The summed E-state index contributed by atoms with van der Waals surface area (Å²) in [5, 5.41) is 3.58. The molecule has 1 aromatic rings. The van der Waals surface area contributed by atoms with Crippen molar-refractivity contribution >= 4 is 5.69 Å². The number of ether oxygens (including phenoxy) is 1. The monoisotopic (exact) mass is 277 g/mol. The summed E-state index contributed by atoms with van der Waals surface area (Å²) >= 11 is 0. The van der Waals surface area contributed by atoms with Gasteiger partial charge >= 0.3 is 0 Å². The van der Waals surface area contributed by atoms with Crippen LogP contribution in [0.5, 0.6) is 0 Å². The van der Waals surface area contributed by atoms with Crippen LogP contribution in [0.1, 0.15) is 37.9 Å². The number of pyridine rings is 1. The Balaban J connectivity index is 2.17. The maximum absolute atomic E-state index is 5.25. The third-order valence-corrected chi connectivity index (χ3v) is 3.73. The zero-order valence-electron chi connectivity index (χ0n) is 13.1. The summed E-state index contributed by atoms with van der Waals surface area (Å²) in [4.78, 5) is 6.87. The van der Waals surface area contributed by atoms with Gasteiger partial charge < -0.3 is 15.0 Å². The fourth-order valence-corrected chi connectivity index (χ4v) is 2.37. The molecule has 0 atom stereocenters. The quantitative estimate of drug-likeness (QED) is 0.792. The van der Waals surface area contributed by atoms with E-state index in [1.54, 1.807) is 7.11 Å². The van der Waals surface area contributed by atoms with E-state index in [0.717, 1.165) is 31.4 Å². The van der Waals surface area contributed by atoms with Gasteiger partial charge in [0.2, 0.25) is 0 Å². The first-order chi connectivity index (χ1) is 9.61. The first-order valence-electron chi connectivity index (χ1n) is 7.56. The highest BCUT2D eigenvalue weighted by atomic mass is 16.5. The van der Waals surface area contributed by atoms with E-state index in [9.17, 15) is 0 Å². The molecule has 1 saturated carbocycles. The molecule has 0 aromatic carbocycles. The van der Waals surface area contributed by atoms with Gasteiger partial charge in [0.05, 0.1) is 6.61 Å². The number of anilines is 1. The van der Waals surface area contributed by atoms with Gasteiger partial charge in [0.1, 0.15) is 0 Å².